The molecule has 4 saturated heterocycles. The number of anilines is 3. The number of aromatic amines is 1. The number of nitrogens with zero attached hydrogens (tertiary/aromatic N) is 6. The van der Waals surface area contributed by atoms with Gasteiger partial charge in [-0.2, -0.15) is 5.10 Å². The molecule has 4 aliphatic heterocycles. The van der Waals surface area contributed by atoms with Crippen molar-refractivity contribution in [3.05, 3.63) is 71.9 Å². The lowest BCUT2D eigenvalue weighted by Crippen LogP contribution is -2.78. The molecule has 2 N–H and O–H groups in total. The van der Waals surface area contributed by atoms with Gasteiger partial charge in [-0.15, -0.1) is 0 Å². The van der Waals surface area contributed by atoms with Crippen molar-refractivity contribution in [3.63, 3.8) is 0 Å². The smallest absolute Gasteiger partial charge is 0.205 e. The standard InChI is InChI=1S/C35H42N8O3S2/c1-3-46-31-32(36-30-19-24(2)39-40-30)37-34(47-28-11-13-29(14-12-28)48(44,45)22-25-7-5-4-6-8-25)38-33(31)42-17-15-41(16-18-42)23-35-20-26-9-10-27(21-35)43(26)35/h4-8,11-14,19,26-27H,3,9-10,15-18,20-23H2,1-2H3,(H2,36,37,38,39,40). The molecule has 0 aliphatic carbocycles. The molecule has 4 aliphatic rings. The number of hydrogen-bond acceptors (Lipinski definition) is 11. The van der Waals surface area contributed by atoms with E-state index in [9.17, 15) is 8.42 Å². The number of piperidine rings is 1. The minimum absolute atomic E-state index is 0.0407. The first-order chi connectivity index (χ1) is 23.3. The van der Waals surface area contributed by atoms with E-state index in [4.69, 9.17) is 14.7 Å². The van der Waals surface area contributed by atoms with Gasteiger partial charge in [-0.05, 0) is 81.1 Å². The molecule has 0 bridgehead atoms. The van der Waals surface area contributed by atoms with E-state index in [1.807, 2.05) is 62.4 Å². The Kier molecular flexibility index (Phi) is 8.34. The van der Waals surface area contributed by atoms with Gasteiger partial charge in [0.25, 0.3) is 0 Å². The lowest BCUT2D eigenvalue weighted by atomic mass is 9.68. The van der Waals surface area contributed by atoms with E-state index < -0.39 is 9.84 Å². The van der Waals surface area contributed by atoms with Gasteiger partial charge in [-0.25, -0.2) is 18.4 Å². The van der Waals surface area contributed by atoms with Gasteiger partial charge in [0.05, 0.1) is 17.3 Å². The molecule has 6 heterocycles. The predicted molar refractivity (Wildman–Crippen MR) is 187 cm³/mol. The van der Waals surface area contributed by atoms with Crippen LogP contribution in [0.2, 0.25) is 0 Å². The molecule has 0 radical (unpaired) electrons. The summed E-state index contributed by atoms with van der Waals surface area (Å²) in [5.41, 5.74) is 2.12. The number of aromatic nitrogens is 4. The Morgan fingerprint density at radius 1 is 1.00 bits per heavy atom. The van der Waals surface area contributed by atoms with Crippen molar-refractivity contribution in [2.75, 3.05) is 49.5 Å². The molecule has 2 aromatic heterocycles. The zero-order valence-corrected chi connectivity index (χ0v) is 29.1. The van der Waals surface area contributed by atoms with Gasteiger partial charge in [0.2, 0.25) is 5.75 Å². The molecule has 4 aromatic rings. The quantitative estimate of drug-likeness (QED) is 0.190. The van der Waals surface area contributed by atoms with Crippen LogP contribution in [0.15, 0.2) is 75.6 Å². The van der Waals surface area contributed by atoms with Crippen LogP contribution in [0, 0.1) is 6.92 Å². The van der Waals surface area contributed by atoms with Gasteiger partial charge < -0.3 is 15.0 Å². The summed E-state index contributed by atoms with van der Waals surface area (Å²) in [5.74, 6) is 2.52. The number of ether oxygens (including phenoxy) is 1. The van der Waals surface area contributed by atoms with E-state index in [-0.39, 0.29) is 10.6 Å². The number of benzene rings is 2. The van der Waals surface area contributed by atoms with E-state index in [0.29, 0.717) is 34.7 Å². The summed E-state index contributed by atoms with van der Waals surface area (Å²) in [6, 6.07) is 19.8. The average molecular weight is 687 g/mol. The van der Waals surface area contributed by atoms with Gasteiger partial charge in [-0.1, -0.05) is 30.3 Å². The summed E-state index contributed by atoms with van der Waals surface area (Å²) in [6.07, 6.45) is 5.51. The Labute approximate surface area is 286 Å². The Balaban J connectivity index is 1.03. The molecule has 4 fully saturated rings. The van der Waals surface area contributed by atoms with Crippen LogP contribution in [0.3, 0.4) is 0 Å². The van der Waals surface area contributed by atoms with Crippen molar-refractivity contribution in [2.45, 2.75) is 77.9 Å². The van der Waals surface area contributed by atoms with Crippen molar-refractivity contribution < 1.29 is 13.2 Å². The van der Waals surface area contributed by atoms with E-state index in [1.54, 1.807) is 12.1 Å². The Morgan fingerprint density at radius 3 is 2.40 bits per heavy atom. The number of sulfone groups is 1. The normalized spacial score (nSPS) is 23.8. The lowest BCUT2D eigenvalue weighted by Gasteiger charge is -2.68. The monoisotopic (exact) mass is 686 g/mol. The highest BCUT2D eigenvalue weighted by Crippen LogP contribution is 2.58. The number of H-pyrrole nitrogens is 1. The van der Waals surface area contributed by atoms with E-state index in [1.165, 1.54) is 44.0 Å². The predicted octanol–water partition coefficient (Wildman–Crippen LogP) is 5.28. The van der Waals surface area contributed by atoms with E-state index in [2.05, 4.69) is 30.2 Å². The molecule has 0 saturated carbocycles. The zero-order valence-electron chi connectivity index (χ0n) is 27.4. The Hall–Kier alpha value is -3.65. The average Bonchev–Trinajstić information content (AvgIpc) is 3.53. The van der Waals surface area contributed by atoms with Crippen molar-refractivity contribution in [3.8, 4) is 5.75 Å². The third-order valence-corrected chi connectivity index (χ3v) is 12.8. The lowest BCUT2D eigenvalue weighted by molar-refractivity contribution is -0.175. The third-order valence-electron chi connectivity index (χ3n) is 10.2. The third kappa shape index (κ3) is 6.06. The van der Waals surface area contributed by atoms with Crippen molar-refractivity contribution in [1.29, 1.82) is 0 Å². The topological polar surface area (TPSA) is 120 Å². The van der Waals surface area contributed by atoms with Gasteiger partial charge in [0, 0.05) is 67.0 Å². The Bertz CT molecular complexity index is 1860. The number of hydrogen-bond donors (Lipinski definition) is 2. The molecule has 2 atom stereocenters. The van der Waals surface area contributed by atoms with Crippen molar-refractivity contribution >= 4 is 39.1 Å². The molecular formula is C35H42N8O3S2. The number of aryl methyl sites for hydroxylation is 1. The second-order valence-corrected chi connectivity index (χ2v) is 16.5. The van der Waals surface area contributed by atoms with Crippen LogP contribution >= 0.6 is 11.8 Å². The first-order valence-electron chi connectivity index (χ1n) is 16.9. The highest BCUT2D eigenvalue weighted by atomic mass is 32.2. The van der Waals surface area contributed by atoms with E-state index >= 15 is 0 Å². The second kappa shape index (κ2) is 12.7. The molecule has 252 valence electrons. The minimum Gasteiger partial charge on any atom is -0.487 e. The summed E-state index contributed by atoms with van der Waals surface area (Å²) in [5, 5.41) is 11.3. The summed E-state index contributed by atoms with van der Waals surface area (Å²) in [7, 11) is -3.48. The fourth-order valence-corrected chi connectivity index (χ4v) is 10.3. The summed E-state index contributed by atoms with van der Waals surface area (Å²) >= 11 is 1.40. The Morgan fingerprint density at radius 2 is 1.73 bits per heavy atom. The van der Waals surface area contributed by atoms with Crippen LogP contribution in [-0.2, 0) is 15.6 Å². The molecule has 48 heavy (non-hydrogen) atoms. The largest absolute Gasteiger partial charge is 0.487 e. The molecular weight excluding hydrogens is 645 g/mol. The van der Waals surface area contributed by atoms with Crippen molar-refractivity contribution in [1.82, 2.24) is 30.0 Å². The molecule has 11 nitrogen and oxygen atoms in total. The number of rotatable bonds is 12. The summed E-state index contributed by atoms with van der Waals surface area (Å²) < 4.78 is 32.4. The van der Waals surface area contributed by atoms with Crippen molar-refractivity contribution in [2.24, 2.45) is 0 Å². The maximum absolute atomic E-state index is 13.1. The summed E-state index contributed by atoms with van der Waals surface area (Å²) in [6.45, 7) is 9.20. The van der Waals surface area contributed by atoms with Crippen LogP contribution < -0.4 is 15.0 Å². The minimum atomic E-state index is -3.48. The fraction of sp³-hybridized carbons (Fsp3) is 0.457. The van der Waals surface area contributed by atoms with Gasteiger partial charge in [0.15, 0.2) is 32.4 Å². The molecule has 8 rings (SSSR count). The van der Waals surface area contributed by atoms with Gasteiger partial charge in [-0.3, -0.25) is 14.9 Å². The second-order valence-electron chi connectivity index (χ2n) is 13.5. The van der Waals surface area contributed by atoms with Crippen LogP contribution in [0.4, 0.5) is 17.5 Å². The number of nitrogens with one attached hydrogen (secondary N) is 2. The molecule has 2 unspecified atom stereocenters. The molecule has 2 aromatic carbocycles. The molecule has 0 amide bonds. The maximum atomic E-state index is 13.1. The van der Waals surface area contributed by atoms with Crippen LogP contribution in [0.25, 0.3) is 0 Å². The first-order valence-corrected chi connectivity index (χ1v) is 19.4. The van der Waals surface area contributed by atoms with Gasteiger partial charge >= 0.3 is 0 Å². The molecule has 13 heteroatoms. The maximum Gasteiger partial charge on any atom is 0.205 e. The highest BCUT2D eigenvalue weighted by molar-refractivity contribution is 7.99. The number of piperazine rings is 1. The van der Waals surface area contributed by atoms with E-state index in [0.717, 1.165) is 60.2 Å². The fourth-order valence-electron chi connectivity index (χ4n) is 8.17. The zero-order chi connectivity index (χ0) is 32.9. The van der Waals surface area contributed by atoms with Crippen LogP contribution in [0.1, 0.15) is 43.9 Å². The highest BCUT2D eigenvalue weighted by Gasteiger charge is 2.65. The van der Waals surface area contributed by atoms with Crippen LogP contribution in [-0.4, -0.2) is 95.3 Å². The molecule has 0 spiro atoms. The van der Waals surface area contributed by atoms with Gasteiger partial charge in [0.1, 0.15) is 0 Å². The summed E-state index contributed by atoms with van der Waals surface area (Å²) in [4.78, 5) is 18.9. The first kappa shape index (κ1) is 31.6. The SMILES string of the molecule is CCOc1c(Nc2cc(C)[nH]n2)nc(Sc2ccc(S(=O)(=O)Cc3ccccc3)cc2)nc1N1CCN(CC23CC4CCC(C2)N43)CC1. The van der Waals surface area contributed by atoms with Crippen LogP contribution in [0.5, 0.6) is 5.75 Å².